The third-order valence-electron chi connectivity index (χ3n) is 6.97. The van der Waals surface area contributed by atoms with E-state index >= 15 is 0 Å². The van der Waals surface area contributed by atoms with Crippen LogP contribution in [0.15, 0.2) is 65.8 Å². The highest BCUT2D eigenvalue weighted by molar-refractivity contribution is 5.96. The topological polar surface area (TPSA) is 274 Å². The highest BCUT2D eigenvalue weighted by Crippen LogP contribution is 2.19. The number of hydrogen-bond acceptors (Lipinski definition) is 7. The molecule has 2 aromatic carbocycles. The van der Waals surface area contributed by atoms with Crippen molar-refractivity contribution in [2.75, 3.05) is 6.54 Å². The monoisotopic (exact) mass is 621 g/mol. The van der Waals surface area contributed by atoms with Gasteiger partial charge in [0.15, 0.2) is 5.96 Å². The molecule has 3 aromatic rings. The fraction of sp³-hybridized carbons (Fsp3) is 0.333. The smallest absolute Gasteiger partial charge is 0.326 e. The summed E-state index contributed by atoms with van der Waals surface area (Å²) < 4.78 is 0. The van der Waals surface area contributed by atoms with Crippen LogP contribution in [0.2, 0.25) is 0 Å². The van der Waals surface area contributed by atoms with Crippen molar-refractivity contribution >= 4 is 46.5 Å². The quantitative estimate of drug-likeness (QED) is 0.0494. The van der Waals surface area contributed by atoms with Gasteiger partial charge >= 0.3 is 5.97 Å². The molecule has 0 aliphatic rings. The van der Waals surface area contributed by atoms with Crippen molar-refractivity contribution < 1.29 is 29.1 Å². The zero-order valence-corrected chi connectivity index (χ0v) is 24.6. The predicted octanol–water partition coefficient (Wildman–Crippen LogP) is -1.25. The summed E-state index contributed by atoms with van der Waals surface area (Å²) in [6, 6.07) is 11.2. The van der Waals surface area contributed by atoms with E-state index in [1.54, 1.807) is 24.4 Å². The van der Waals surface area contributed by atoms with Gasteiger partial charge < -0.3 is 49.0 Å². The second-order valence-electron chi connectivity index (χ2n) is 10.5. The summed E-state index contributed by atoms with van der Waals surface area (Å²) in [7, 11) is 0. The van der Waals surface area contributed by atoms with Crippen LogP contribution in [0, 0.1) is 0 Å². The van der Waals surface area contributed by atoms with Crippen LogP contribution in [0.4, 0.5) is 0 Å². The highest BCUT2D eigenvalue weighted by Gasteiger charge is 2.31. The molecule has 0 saturated carbocycles. The number of aromatic amines is 1. The van der Waals surface area contributed by atoms with E-state index in [0.29, 0.717) is 5.56 Å². The number of nitrogens with one attached hydrogen (secondary N) is 4. The van der Waals surface area contributed by atoms with Gasteiger partial charge in [-0.05, 0) is 36.5 Å². The second-order valence-corrected chi connectivity index (χ2v) is 10.5. The molecule has 0 aliphatic carbocycles. The first-order valence-corrected chi connectivity index (χ1v) is 14.3. The number of aliphatic carboxylic acids is 1. The van der Waals surface area contributed by atoms with Gasteiger partial charge in [0, 0.05) is 30.1 Å². The molecule has 0 radical (unpaired) electrons. The Balaban J connectivity index is 1.74. The zero-order valence-electron chi connectivity index (χ0n) is 24.6. The number of fused-ring (bicyclic) bond motifs is 1. The number of nitrogens with zero attached hydrogens (tertiary/aromatic N) is 1. The molecule has 1 heterocycles. The Morgan fingerprint density at radius 2 is 1.42 bits per heavy atom. The van der Waals surface area contributed by atoms with Crippen molar-refractivity contribution in [1.82, 2.24) is 20.9 Å². The maximum atomic E-state index is 13.4. The molecule has 0 saturated heterocycles. The van der Waals surface area contributed by atoms with Crippen LogP contribution in [-0.4, -0.2) is 76.4 Å². The number of carboxylic acid groups (broad SMARTS) is 1. The number of carbonyl (C=O) groups excluding carboxylic acids is 4. The largest absolute Gasteiger partial charge is 0.480 e. The van der Waals surface area contributed by atoms with Gasteiger partial charge in [0.05, 0.1) is 12.5 Å². The standard InChI is InChI=1S/C30H39N9O6/c31-20(13-17-7-2-1-3-8-17)26(41)37-22(11-6-12-35-30(33)34)27(42)38-23(15-25(32)40)28(43)39-24(29(44)45)14-18-16-36-21-10-5-4-9-19(18)21/h1-5,7-10,16,20,22-24,36H,6,11-15,31H2,(H2,32,40)(H,37,41)(H,38,42)(H,39,43)(H,44,45)(H4,33,34,35). The second kappa shape index (κ2) is 16.4. The number of carbonyl (C=O) groups is 5. The lowest BCUT2D eigenvalue weighted by molar-refractivity contribution is -0.142. The molecular weight excluding hydrogens is 582 g/mol. The molecule has 13 N–H and O–H groups in total. The predicted molar refractivity (Wildman–Crippen MR) is 167 cm³/mol. The van der Waals surface area contributed by atoms with E-state index in [9.17, 15) is 29.1 Å². The van der Waals surface area contributed by atoms with E-state index in [1.807, 2.05) is 36.4 Å². The van der Waals surface area contributed by atoms with Gasteiger partial charge in [-0.3, -0.25) is 24.2 Å². The zero-order chi connectivity index (χ0) is 32.9. The first-order chi connectivity index (χ1) is 21.4. The lowest BCUT2D eigenvalue weighted by Gasteiger charge is -2.25. The minimum atomic E-state index is -1.53. The number of guanidine groups is 1. The number of aromatic nitrogens is 1. The third kappa shape index (κ3) is 10.7. The lowest BCUT2D eigenvalue weighted by atomic mass is 10.0. The molecule has 45 heavy (non-hydrogen) atoms. The van der Waals surface area contributed by atoms with Gasteiger partial charge in [0.25, 0.3) is 0 Å². The Morgan fingerprint density at radius 3 is 2.09 bits per heavy atom. The number of rotatable bonds is 17. The number of primary amides is 1. The fourth-order valence-corrected chi connectivity index (χ4v) is 4.69. The average molecular weight is 622 g/mol. The maximum absolute atomic E-state index is 13.4. The van der Waals surface area contributed by atoms with Gasteiger partial charge in [-0.15, -0.1) is 0 Å². The summed E-state index contributed by atoms with van der Waals surface area (Å²) in [6.07, 6.45) is 1.46. The molecule has 240 valence electrons. The van der Waals surface area contributed by atoms with E-state index < -0.39 is 60.2 Å². The van der Waals surface area contributed by atoms with Crippen LogP contribution in [0.25, 0.3) is 10.9 Å². The van der Waals surface area contributed by atoms with Crippen LogP contribution < -0.4 is 38.9 Å². The Labute approximate surface area is 259 Å². The molecule has 15 heteroatoms. The number of hydrogen-bond donors (Lipinski definition) is 9. The molecule has 0 bridgehead atoms. The van der Waals surface area contributed by atoms with Gasteiger partial charge in [-0.2, -0.15) is 0 Å². The van der Waals surface area contributed by atoms with Crippen LogP contribution in [-0.2, 0) is 36.8 Å². The number of benzene rings is 2. The number of amides is 4. The van der Waals surface area contributed by atoms with E-state index in [1.165, 1.54) is 0 Å². The lowest BCUT2D eigenvalue weighted by Crippen LogP contribution is -2.58. The number of para-hydroxylation sites is 1. The van der Waals surface area contributed by atoms with E-state index in [4.69, 9.17) is 22.9 Å². The molecule has 15 nitrogen and oxygen atoms in total. The third-order valence-corrected chi connectivity index (χ3v) is 6.97. The molecule has 4 amide bonds. The first-order valence-electron chi connectivity index (χ1n) is 14.3. The molecule has 1 aromatic heterocycles. The Bertz CT molecular complexity index is 1520. The molecule has 0 fully saturated rings. The summed E-state index contributed by atoms with van der Waals surface area (Å²) in [5.41, 5.74) is 24.4. The van der Waals surface area contributed by atoms with Gasteiger partial charge in [0.1, 0.15) is 18.1 Å². The molecule has 0 aliphatic heterocycles. The van der Waals surface area contributed by atoms with Crippen LogP contribution in [0.1, 0.15) is 30.4 Å². The van der Waals surface area contributed by atoms with Gasteiger partial charge in [-0.1, -0.05) is 48.5 Å². The van der Waals surface area contributed by atoms with Gasteiger partial charge in [0.2, 0.25) is 23.6 Å². The normalized spacial score (nSPS) is 13.5. The summed E-state index contributed by atoms with van der Waals surface area (Å²) in [5, 5.41) is 18.1. The number of nitrogens with two attached hydrogens (primary N) is 4. The van der Waals surface area contributed by atoms with Crippen LogP contribution >= 0.6 is 0 Å². The van der Waals surface area contributed by atoms with E-state index in [0.717, 1.165) is 16.5 Å². The Hall–Kier alpha value is -5.44. The van der Waals surface area contributed by atoms with E-state index in [-0.39, 0.29) is 38.2 Å². The van der Waals surface area contributed by atoms with Crippen molar-refractivity contribution in [3.63, 3.8) is 0 Å². The summed E-state index contributed by atoms with van der Waals surface area (Å²) >= 11 is 0. The maximum Gasteiger partial charge on any atom is 0.326 e. The number of aliphatic imine (C=N–C) groups is 1. The Kier molecular flexibility index (Phi) is 12.4. The summed E-state index contributed by atoms with van der Waals surface area (Å²) in [6.45, 7) is 0.150. The summed E-state index contributed by atoms with van der Waals surface area (Å²) in [5.74, 6) is -4.77. The van der Waals surface area contributed by atoms with Crippen molar-refractivity contribution in [3.05, 3.63) is 71.9 Å². The average Bonchev–Trinajstić information content (AvgIpc) is 3.40. The number of carboxylic acids is 1. The number of H-pyrrole nitrogens is 1. The minimum absolute atomic E-state index is 0.0512. The molecular formula is C30H39N9O6. The Morgan fingerprint density at radius 1 is 0.800 bits per heavy atom. The van der Waals surface area contributed by atoms with Crippen molar-refractivity contribution in [2.45, 2.75) is 56.3 Å². The molecule has 4 atom stereocenters. The van der Waals surface area contributed by atoms with Crippen molar-refractivity contribution in [2.24, 2.45) is 27.9 Å². The molecule has 0 spiro atoms. The van der Waals surface area contributed by atoms with Gasteiger partial charge in [-0.25, -0.2) is 4.79 Å². The van der Waals surface area contributed by atoms with Crippen molar-refractivity contribution in [3.8, 4) is 0 Å². The first kappa shape index (κ1) is 34.1. The highest BCUT2D eigenvalue weighted by atomic mass is 16.4. The minimum Gasteiger partial charge on any atom is -0.480 e. The summed E-state index contributed by atoms with van der Waals surface area (Å²) in [4.78, 5) is 70.5. The van der Waals surface area contributed by atoms with E-state index in [2.05, 4.69) is 25.9 Å². The van der Waals surface area contributed by atoms with Crippen LogP contribution in [0.5, 0.6) is 0 Å². The van der Waals surface area contributed by atoms with Crippen molar-refractivity contribution in [1.29, 1.82) is 0 Å². The fourth-order valence-electron chi connectivity index (χ4n) is 4.69. The SMILES string of the molecule is NC(=O)CC(NC(=O)C(CCCN=C(N)N)NC(=O)C(N)Cc1ccccc1)C(=O)NC(Cc1c[nH]c2ccccc12)C(=O)O. The molecule has 3 rings (SSSR count). The van der Waals surface area contributed by atoms with Crippen LogP contribution in [0.3, 0.4) is 0 Å². The molecule has 4 unspecified atom stereocenters.